The van der Waals surface area contributed by atoms with Gasteiger partial charge in [0.25, 0.3) is 0 Å². The summed E-state index contributed by atoms with van der Waals surface area (Å²) in [6, 6.07) is 0.0333. The highest BCUT2D eigenvalue weighted by Crippen LogP contribution is 2.14. The molecule has 1 atom stereocenters. The molecule has 0 saturated carbocycles. The lowest BCUT2D eigenvalue weighted by Crippen LogP contribution is -2.49. The van der Waals surface area contributed by atoms with Crippen LogP contribution in [-0.4, -0.2) is 79.0 Å². The molecule has 5 nitrogen and oxygen atoms in total. The van der Waals surface area contributed by atoms with Crippen LogP contribution in [0.3, 0.4) is 0 Å². The summed E-state index contributed by atoms with van der Waals surface area (Å²) in [5.41, 5.74) is 5.63. The number of carbonyl (C=O) groups is 1. The summed E-state index contributed by atoms with van der Waals surface area (Å²) >= 11 is 0. The predicted octanol–water partition coefficient (Wildman–Crippen LogP) is 0.354. The van der Waals surface area contributed by atoms with E-state index in [1.54, 1.807) is 0 Å². The third kappa shape index (κ3) is 4.17. The standard InChI is InChI=1S/C15H30N4O/c1-14(15(20)19-8-3-2-4-9-19)18-10-5-7-17(11-6-16)12-13-18/h14H,2-13,16H2,1H3. The molecule has 1 unspecified atom stereocenters. The quantitative estimate of drug-likeness (QED) is 0.808. The Morgan fingerprint density at radius 2 is 1.75 bits per heavy atom. The van der Waals surface area contributed by atoms with Crippen LogP contribution in [0.4, 0.5) is 0 Å². The maximum Gasteiger partial charge on any atom is 0.239 e. The molecule has 116 valence electrons. The van der Waals surface area contributed by atoms with Gasteiger partial charge in [0.15, 0.2) is 0 Å². The average Bonchev–Trinajstić information content (AvgIpc) is 2.73. The first kappa shape index (κ1) is 15.7. The van der Waals surface area contributed by atoms with Crippen molar-refractivity contribution in [2.75, 3.05) is 52.4 Å². The van der Waals surface area contributed by atoms with Crippen molar-refractivity contribution in [1.29, 1.82) is 0 Å². The fraction of sp³-hybridized carbons (Fsp3) is 0.933. The minimum absolute atomic E-state index is 0.0333. The summed E-state index contributed by atoms with van der Waals surface area (Å²) in [6.45, 7) is 9.85. The Labute approximate surface area is 123 Å². The van der Waals surface area contributed by atoms with E-state index in [4.69, 9.17) is 5.73 Å². The van der Waals surface area contributed by atoms with Crippen LogP contribution < -0.4 is 5.73 Å². The first-order valence-corrected chi connectivity index (χ1v) is 8.17. The minimum Gasteiger partial charge on any atom is -0.341 e. The zero-order valence-electron chi connectivity index (χ0n) is 12.9. The van der Waals surface area contributed by atoms with Gasteiger partial charge >= 0.3 is 0 Å². The highest BCUT2D eigenvalue weighted by atomic mass is 16.2. The van der Waals surface area contributed by atoms with Gasteiger partial charge in [0.05, 0.1) is 6.04 Å². The third-order valence-electron chi connectivity index (χ3n) is 4.64. The Hall–Kier alpha value is -0.650. The number of likely N-dealkylation sites (tertiary alicyclic amines) is 1. The number of carbonyl (C=O) groups excluding carboxylic acids is 1. The molecule has 0 aromatic heterocycles. The van der Waals surface area contributed by atoms with E-state index in [-0.39, 0.29) is 6.04 Å². The molecule has 2 aliphatic heterocycles. The van der Waals surface area contributed by atoms with Gasteiger partial charge in [-0.05, 0) is 39.2 Å². The van der Waals surface area contributed by atoms with Crippen molar-refractivity contribution in [1.82, 2.24) is 14.7 Å². The molecule has 0 aliphatic carbocycles. The minimum atomic E-state index is 0.0333. The number of piperidine rings is 1. The highest BCUT2D eigenvalue weighted by molar-refractivity contribution is 5.81. The van der Waals surface area contributed by atoms with Crippen molar-refractivity contribution in [3.8, 4) is 0 Å². The predicted molar refractivity (Wildman–Crippen MR) is 81.6 cm³/mol. The summed E-state index contributed by atoms with van der Waals surface area (Å²) in [6.07, 6.45) is 4.75. The third-order valence-corrected chi connectivity index (χ3v) is 4.64. The summed E-state index contributed by atoms with van der Waals surface area (Å²) in [5, 5.41) is 0. The van der Waals surface area contributed by atoms with E-state index in [1.165, 1.54) is 19.3 Å². The molecule has 2 heterocycles. The van der Waals surface area contributed by atoms with Crippen molar-refractivity contribution in [2.45, 2.75) is 38.6 Å². The molecular weight excluding hydrogens is 252 g/mol. The smallest absolute Gasteiger partial charge is 0.239 e. The maximum absolute atomic E-state index is 12.6. The second-order valence-electron chi connectivity index (χ2n) is 6.08. The van der Waals surface area contributed by atoms with Crippen molar-refractivity contribution in [2.24, 2.45) is 5.73 Å². The van der Waals surface area contributed by atoms with E-state index in [1.807, 2.05) is 0 Å². The molecule has 0 aromatic rings. The number of nitrogens with two attached hydrogens (primary N) is 1. The lowest BCUT2D eigenvalue weighted by atomic mass is 10.1. The lowest BCUT2D eigenvalue weighted by Gasteiger charge is -2.34. The van der Waals surface area contributed by atoms with Gasteiger partial charge < -0.3 is 15.5 Å². The van der Waals surface area contributed by atoms with Crippen LogP contribution >= 0.6 is 0 Å². The molecule has 0 radical (unpaired) electrons. The molecule has 2 N–H and O–H groups in total. The van der Waals surface area contributed by atoms with Crippen LogP contribution in [0.25, 0.3) is 0 Å². The molecule has 0 spiro atoms. The van der Waals surface area contributed by atoms with Gasteiger partial charge in [0.2, 0.25) is 5.91 Å². The topological polar surface area (TPSA) is 52.8 Å². The van der Waals surface area contributed by atoms with Gasteiger partial charge in [-0.25, -0.2) is 0 Å². The molecular formula is C15H30N4O. The van der Waals surface area contributed by atoms with Crippen LogP contribution in [0, 0.1) is 0 Å². The number of hydrogen-bond donors (Lipinski definition) is 1. The molecule has 2 aliphatic rings. The van der Waals surface area contributed by atoms with Crippen molar-refractivity contribution in [3.63, 3.8) is 0 Å². The zero-order valence-corrected chi connectivity index (χ0v) is 12.9. The second kappa shape index (κ2) is 7.96. The second-order valence-corrected chi connectivity index (χ2v) is 6.08. The normalized spacial score (nSPS) is 24.4. The van der Waals surface area contributed by atoms with Crippen LogP contribution in [0.5, 0.6) is 0 Å². The number of rotatable bonds is 4. The Morgan fingerprint density at radius 1 is 1.00 bits per heavy atom. The van der Waals surface area contributed by atoms with Crippen molar-refractivity contribution >= 4 is 5.91 Å². The Bertz CT molecular complexity index is 304. The van der Waals surface area contributed by atoms with E-state index < -0.39 is 0 Å². The van der Waals surface area contributed by atoms with E-state index in [9.17, 15) is 4.79 Å². The summed E-state index contributed by atoms with van der Waals surface area (Å²) in [4.78, 5) is 19.4. The summed E-state index contributed by atoms with van der Waals surface area (Å²) < 4.78 is 0. The van der Waals surface area contributed by atoms with Gasteiger partial charge in [-0.15, -0.1) is 0 Å². The molecule has 2 saturated heterocycles. The number of nitrogens with zero attached hydrogens (tertiary/aromatic N) is 3. The van der Waals surface area contributed by atoms with E-state index >= 15 is 0 Å². The molecule has 5 heteroatoms. The Balaban J connectivity index is 1.84. The molecule has 2 rings (SSSR count). The van der Waals surface area contributed by atoms with Gasteiger partial charge in [-0.3, -0.25) is 9.69 Å². The SMILES string of the molecule is CC(C(=O)N1CCCCC1)N1CCCN(CCN)CC1. The number of amides is 1. The van der Waals surface area contributed by atoms with Crippen molar-refractivity contribution < 1.29 is 4.79 Å². The summed E-state index contributed by atoms with van der Waals surface area (Å²) in [7, 11) is 0. The fourth-order valence-corrected chi connectivity index (χ4v) is 3.32. The van der Waals surface area contributed by atoms with Crippen LogP contribution in [0.2, 0.25) is 0 Å². The Morgan fingerprint density at radius 3 is 2.45 bits per heavy atom. The monoisotopic (exact) mass is 282 g/mol. The van der Waals surface area contributed by atoms with Crippen LogP contribution in [0.15, 0.2) is 0 Å². The zero-order chi connectivity index (χ0) is 14.4. The van der Waals surface area contributed by atoms with Crippen LogP contribution in [-0.2, 0) is 4.79 Å². The Kier molecular flexibility index (Phi) is 6.26. The highest BCUT2D eigenvalue weighted by Gasteiger charge is 2.28. The molecule has 1 amide bonds. The van der Waals surface area contributed by atoms with Gasteiger partial charge in [-0.2, -0.15) is 0 Å². The average molecular weight is 282 g/mol. The van der Waals surface area contributed by atoms with E-state index in [2.05, 4.69) is 21.6 Å². The van der Waals surface area contributed by atoms with Gasteiger partial charge in [0, 0.05) is 45.8 Å². The molecule has 20 heavy (non-hydrogen) atoms. The molecule has 0 aromatic carbocycles. The van der Waals surface area contributed by atoms with Gasteiger partial charge in [0.1, 0.15) is 0 Å². The number of hydrogen-bond acceptors (Lipinski definition) is 4. The van der Waals surface area contributed by atoms with E-state index in [0.29, 0.717) is 5.91 Å². The lowest BCUT2D eigenvalue weighted by molar-refractivity contribution is -0.137. The van der Waals surface area contributed by atoms with E-state index in [0.717, 1.165) is 58.8 Å². The van der Waals surface area contributed by atoms with Crippen molar-refractivity contribution in [3.05, 3.63) is 0 Å². The first-order valence-electron chi connectivity index (χ1n) is 8.17. The first-order chi connectivity index (χ1) is 9.72. The largest absolute Gasteiger partial charge is 0.341 e. The van der Waals surface area contributed by atoms with Crippen LogP contribution in [0.1, 0.15) is 32.6 Å². The maximum atomic E-state index is 12.6. The molecule has 0 bridgehead atoms. The molecule has 2 fully saturated rings. The van der Waals surface area contributed by atoms with Gasteiger partial charge in [-0.1, -0.05) is 0 Å². The fourth-order valence-electron chi connectivity index (χ4n) is 3.32. The summed E-state index contributed by atoms with van der Waals surface area (Å²) in [5.74, 6) is 0.331.